The fourth-order valence-electron chi connectivity index (χ4n) is 1.76. The van der Waals surface area contributed by atoms with Crippen molar-refractivity contribution in [2.24, 2.45) is 11.7 Å². The number of primary amides is 1. The number of rotatable bonds is 4. The van der Waals surface area contributed by atoms with Crippen molar-refractivity contribution >= 4 is 5.91 Å². The van der Waals surface area contributed by atoms with Crippen LogP contribution in [0, 0.1) is 5.92 Å². The number of likely N-dealkylation sites (tertiary alicyclic amines) is 1. The predicted molar refractivity (Wildman–Crippen MR) is 53.3 cm³/mol. The Morgan fingerprint density at radius 3 is 2.62 bits per heavy atom. The second kappa shape index (κ2) is 5.22. The highest BCUT2D eigenvalue weighted by atomic mass is 16.1. The summed E-state index contributed by atoms with van der Waals surface area (Å²) in [6, 6.07) is 0. The zero-order valence-corrected chi connectivity index (χ0v) is 8.46. The lowest BCUT2D eigenvalue weighted by Crippen LogP contribution is -2.34. The molecule has 0 radical (unpaired) electrons. The number of hydrogen-bond acceptors (Lipinski definition) is 2. The van der Waals surface area contributed by atoms with Crippen molar-refractivity contribution in [3.8, 4) is 0 Å². The van der Waals surface area contributed by atoms with Crippen molar-refractivity contribution in [2.45, 2.75) is 32.6 Å². The number of carbonyl (C=O) groups is 1. The monoisotopic (exact) mass is 184 g/mol. The molecule has 3 nitrogen and oxygen atoms in total. The Bertz CT molecular complexity index is 162. The minimum atomic E-state index is -0.176. The summed E-state index contributed by atoms with van der Waals surface area (Å²) < 4.78 is 0. The van der Waals surface area contributed by atoms with Crippen molar-refractivity contribution < 1.29 is 4.79 Å². The van der Waals surface area contributed by atoms with Gasteiger partial charge < -0.3 is 10.6 Å². The maximum Gasteiger partial charge on any atom is 0.217 e. The van der Waals surface area contributed by atoms with E-state index in [4.69, 9.17) is 5.73 Å². The summed E-state index contributed by atoms with van der Waals surface area (Å²) in [7, 11) is 0. The molecule has 0 saturated carbocycles. The van der Waals surface area contributed by atoms with Crippen LogP contribution >= 0.6 is 0 Å². The molecule has 0 aromatic rings. The van der Waals surface area contributed by atoms with Crippen LogP contribution in [0.3, 0.4) is 0 Å². The van der Waals surface area contributed by atoms with E-state index in [1.54, 1.807) is 0 Å². The zero-order chi connectivity index (χ0) is 9.68. The van der Waals surface area contributed by atoms with Gasteiger partial charge in [-0.2, -0.15) is 0 Å². The van der Waals surface area contributed by atoms with E-state index >= 15 is 0 Å². The van der Waals surface area contributed by atoms with Crippen molar-refractivity contribution in [2.75, 3.05) is 19.6 Å². The molecule has 0 unspecified atom stereocenters. The minimum absolute atomic E-state index is 0.176. The molecule has 0 aromatic carbocycles. The Balaban J connectivity index is 2.05. The molecule has 1 amide bonds. The molecule has 0 spiro atoms. The van der Waals surface area contributed by atoms with E-state index in [9.17, 15) is 4.79 Å². The molecule has 1 heterocycles. The van der Waals surface area contributed by atoms with Crippen LogP contribution in [0.1, 0.15) is 32.6 Å². The summed E-state index contributed by atoms with van der Waals surface area (Å²) >= 11 is 0. The van der Waals surface area contributed by atoms with Crippen LogP contribution in [-0.2, 0) is 4.79 Å². The van der Waals surface area contributed by atoms with Gasteiger partial charge >= 0.3 is 0 Å². The normalized spacial score (nSPS) is 20.4. The number of hydrogen-bond donors (Lipinski definition) is 1. The Kier molecular flexibility index (Phi) is 4.22. The quantitative estimate of drug-likeness (QED) is 0.708. The van der Waals surface area contributed by atoms with E-state index in [0.717, 1.165) is 18.9 Å². The highest BCUT2D eigenvalue weighted by molar-refractivity contribution is 5.73. The molecule has 2 N–H and O–H groups in total. The van der Waals surface area contributed by atoms with Gasteiger partial charge in [0.25, 0.3) is 0 Å². The highest BCUT2D eigenvalue weighted by Crippen LogP contribution is 2.15. The highest BCUT2D eigenvalue weighted by Gasteiger charge is 2.14. The molecule has 0 atom stereocenters. The summed E-state index contributed by atoms with van der Waals surface area (Å²) in [5.74, 6) is 0.706. The van der Waals surface area contributed by atoms with Crippen LogP contribution in [0.25, 0.3) is 0 Å². The second-order valence-corrected chi connectivity index (χ2v) is 4.09. The van der Waals surface area contributed by atoms with Gasteiger partial charge in [0.1, 0.15) is 0 Å². The van der Waals surface area contributed by atoms with Gasteiger partial charge in [0.2, 0.25) is 5.91 Å². The number of amides is 1. The molecular formula is C10H20N2O. The van der Waals surface area contributed by atoms with Gasteiger partial charge in [-0.25, -0.2) is 0 Å². The van der Waals surface area contributed by atoms with Crippen LogP contribution in [0.4, 0.5) is 0 Å². The lowest BCUT2D eigenvalue weighted by Gasteiger charge is -2.29. The summed E-state index contributed by atoms with van der Waals surface area (Å²) in [6.45, 7) is 5.73. The average Bonchev–Trinajstić information content (AvgIpc) is 2.08. The van der Waals surface area contributed by atoms with Crippen molar-refractivity contribution in [3.63, 3.8) is 0 Å². The molecule has 1 saturated heterocycles. The molecule has 1 aliphatic rings. The van der Waals surface area contributed by atoms with Crippen molar-refractivity contribution in [1.29, 1.82) is 0 Å². The second-order valence-electron chi connectivity index (χ2n) is 4.09. The summed E-state index contributed by atoms with van der Waals surface area (Å²) in [5.41, 5.74) is 5.07. The third-order valence-corrected chi connectivity index (χ3v) is 2.77. The first kappa shape index (κ1) is 10.5. The van der Waals surface area contributed by atoms with Gasteiger partial charge in [0.05, 0.1) is 0 Å². The Hall–Kier alpha value is -0.570. The van der Waals surface area contributed by atoms with Gasteiger partial charge in [-0.05, 0) is 44.8 Å². The standard InChI is InChI=1S/C10H20N2O/c1-9-4-7-12(8-5-9)6-2-3-10(11)13/h9H,2-8H2,1H3,(H2,11,13). The van der Waals surface area contributed by atoms with E-state index in [-0.39, 0.29) is 5.91 Å². The largest absolute Gasteiger partial charge is 0.370 e. The molecule has 0 aliphatic carbocycles. The molecule has 1 fully saturated rings. The first-order chi connectivity index (χ1) is 6.18. The summed E-state index contributed by atoms with van der Waals surface area (Å²) in [4.78, 5) is 12.9. The molecule has 1 aliphatic heterocycles. The zero-order valence-electron chi connectivity index (χ0n) is 8.46. The maximum absolute atomic E-state index is 10.5. The third kappa shape index (κ3) is 4.27. The van der Waals surface area contributed by atoms with E-state index in [2.05, 4.69) is 11.8 Å². The molecule has 0 bridgehead atoms. The third-order valence-electron chi connectivity index (χ3n) is 2.77. The number of nitrogens with zero attached hydrogens (tertiary/aromatic N) is 1. The molecule has 0 aromatic heterocycles. The van der Waals surface area contributed by atoms with Crippen LogP contribution in [-0.4, -0.2) is 30.4 Å². The minimum Gasteiger partial charge on any atom is -0.370 e. The number of piperidine rings is 1. The first-order valence-corrected chi connectivity index (χ1v) is 5.19. The lowest BCUT2D eigenvalue weighted by atomic mass is 9.99. The predicted octanol–water partition coefficient (Wildman–Crippen LogP) is 0.984. The fourth-order valence-corrected chi connectivity index (χ4v) is 1.76. The molecule has 76 valence electrons. The van der Waals surface area contributed by atoms with Crippen LogP contribution in [0.5, 0.6) is 0 Å². The summed E-state index contributed by atoms with van der Waals surface area (Å²) in [6.07, 6.45) is 4.06. The van der Waals surface area contributed by atoms with Gasteiger partial charge in [0, 0.05) is 6.42 Å². The topological polar surface area (TPSA) is 46.3 Å². The Morgan fingerprint density at radius 2 is 2.08 bits per heavy atom. The number of nitrogens with two attached hydrogens (primary N) is 1. The summed E-state index contributed by atoms with van der Waals surface area (Å²) in [5, 5.41) is 0. The van der Waals surface area contributed by atoms with E-state index in [0.29, 0.717) is 6.42 Å². The molecule has 13 heavy (non-hydrogen) atoms. The van der Waals surface area contributed by atoms with E-state index in [1.807, 2.05) is 0 Å². The van der Waals surface area contributed by atoms with Crippen LogP contribution in [0.15, 0.2) is 0 Å². The Labute approximate surface area is 80.3 Å². The van der Waals surface area contributed by atoms with Gasteiger partial charge in [-0.3, -0.25) is 4.79 Å². The van der Waals surface area contributed by atoms with Crippen LogP contribution in [0.2, 0.25) is 0 Å². The van der Waals surface area contributed by atoms with Gasteiger partial charge in [0.15, 0.2) is 0 Å². The molecular weight excluding hydrogens is 164 g/mol. The lowest BCUT2D eigenvalue weighted by molar-refractivity contribution is -0.118. The molecule has 1 rings (SSSR count). The first-order valence-electron chi connectivity index (χ1n) is 5.19. The number of carbonyl (C=O) groups excluding carboxylic acids is 1. The molecule has 3 heteroatoms. The smallest absolute Gasteiger partial charge is 0.217 e. The van der Waals surface area contributed by atoms with Gasteiger partial charge in [-0.15, -0.1) is 0 Å². The fraction of sp³-hybridized carbons (Fsp3) is 0.900. The van der Waals surface area contributed by atoms with Crippen molar-refractivity contribution in [3.05, 3.63) is 0 Å². The van der Waals surface area contributed by atoms with E-state index in [1.165, 1.54) is 25.9 Å². The maximum atomic E-state index is 10.5. The Morgan fingerprint density at radius 1 is 1.46 bits per heavy atom. The van der Waals surface area contributed by atoms with Gasteiger partial charge in [-0.1, -0.05) is 6.92 Å². The average molecular weight is 184 g/mol. The van der Waals surface area contributed by atoms with Crippen molar-refractivity contribution in [1.82, 2.24) is 4.90 Å². The van der Waals surface area contributed by atoms with Crippen LogP contribution < -0.4 is 5.73 Å². The van der Waals surface area contributed by atoms with E-state index < -0.39 is 0 Å². The SMILES string of the molecule is CC1CCN(CCCC(N)=O)CC1.